The highest BCUT2D eigenvalue weighted by molar-refractivity contribution is 5.91. The number of nitrogens with one attached hydrogen (secondary N) is 1. The van der Waals surface area contributed by atoms with E-state index < -0.39 is 12.0 Å². The first-order valence-corrected chi connectivity index (χ1v) is 5.04. The predicted molar refractivity (Wildman–Crippen MR) is 61.1 cm³/mol. The molecule has 1 N–H and O–H groups in total. The van der Waals surface area contributed by atoms with Gasteiger partial charge in [0.25, 0.3) is 0 Å². The lowest BCUT2D eigenvalue weighted by Gasteiger charge is -2.24. The smallest absolute Gasteiger partial charge is 0.328 e. The number of hydrogen-bond donors (Lipinski definition) is 1. The molecule has 0 saturated heterocycles. The third kappa shape index (κ3) is 3.17. The number of aromatic amines is 1. The zero-order chi connectivity index (χ0) is 12.8. The summed E-state index contributed by atoms with van der Waals surface area (Å²) in [6, 6.07) is -0.689. The van der Waals surface area contributed by atoms with Crippen molar-refractivity contribution in [3.63, 3.8) is 0 Å². The summed E-state index contributed by atoms with van der Waals surface area (Å²) in [5.41, 5.74) is 0.754. The Hall–Kier alpha value is -2.11. The van der Waals surface area contributed by atoms with Crippen molar-refractivity contribution in [2.75, 3.05) is 14.2 Å². The Labute approximate surface area is 99.3 Å². The number of esters is 1. The molecule has 0 saturated carbocycles. The summed E-state index contributed by atoms with van der Waals surface area (Å²) < 4.78 is 4.68. The maximum atomic E-state index is 11.6. The summed E-state index contributed by atoms with van der Waals surface area (Å²) >= 11 is 0. The van der Waals surface area contributed by atoms with Crippen LogP contribution >= 0.6 is 0 Å². The van der Waals surface area contributed by atoms with Gasteiger partial charge in [-0.25, -0.2) is 9.78 Å². The molecule has 0 aromatic carbocycles. The highest BCUT2D eigenvalue weighted by Gasteiger charge is 2.27. The second-order valence-corrected chi connectivity index (χ2v) is 3.47. The van der Waals surface area contributed by atoms with Gasteiger partial charge >= 0.3 is 5.97 Å². The number of aromatic nitrogens is 2. The van der Waals surface area contributed by atoms with E-state index >= 15 is 0 Å². The minimum absolute atomic E-state index is 0.322. The lowest BCUT2D eigenvalue weighted by atomic mass is 10.1. The molecular formula is C11H15N3O3. The first-order valence-electron chi connectivity index (χ1n) is 5.04. The first-order chi connectivity index (χ1) is 8.10. The lowest BCUT2D eigenvalue weighted by molar-refractivity contribution is -0.150. The van der Waals surface area contributed by atoms with E-state index in [4.69, 9.17) is 0 Å². The van der Waals surface area contributed by atoms with Crippen molar-refractivity contribution in [2.45, 2.75) is 12.5 Å². The molecule has 17 heavy (non-hydrogen) atoms. The van der Waals surface area contributed by atoms with Crippen LogP contribution in [0.5, 0.6) is 0 Å². The molecule has 1 amide bonds. The van der Waals surface area contributed by atoms with Crippen LogP contribution in [-0.2, 0) is 20.7 Å². The Bertz CT molecular complexity index is 400. The normalized spacial score (nSPS) is 11.6. The number of carbonyl (C=O) groups is 2. The van der Waals surface area contributed by atoms with Crippen LogP contribution in [0.2, 0.25) is 0 Å². The Kier molecular flexibility index (Phi) is 4.45. The number of H-pyrrole nitrogens is 1. The van der Waals surface area contributed by atoms with Crippen molar-refractivity contribution in [1.82, 2.24) is 14.9 Å². The van der Waals surface area contributed by atoms with Gasteiger partial charge in [-0.2, -0.15) is 0 Å². The summed E-state index contributed by atoms with van der Waals surface area (Å²) in [4.78, 5) is 31.1. The molecule has 0 spiro atoms. The second kappa shape index (κ2) is 5.83. The van der Waals surface area contributed by atoms with Crippen LogP contribution in [0.3, 0.4) is 0 Å². The summed E-state index contributed by atoms with van der Waals surface area (Å²) in [5, 5.41) is 0. The molecule has 0 fully saturated rings. The van der Waals surface area contributed by atoms with E-state index in [9.17, 15) is 9.59 Å². The van der Waals surface area contributed by atoms with E-state index in [2.05, 4.69) is 21.3 Å². The van der Waals surface area contributed by atoms with E-state index in [1.807, 2.05) is 0 Å². The zero-order valence-corrected chi connectivity index (χ0v) is 9.84. The van der Waals surface area contributed by atoms with Crippen molar-refractivity contribution in [2.24, 2.45) is 0 Å². The van der Waals surface area contributed by atoms with Crippen molar-refractivity contribution < 1.29 is 14.3 Å². The quantitative estimate of drug-likeness (QED) is 0.583. The molecule has 1 aromatic heterocycles. The van der Waals surface area contributed by atoms with Gasteiger partial charge in [0.05, 0.1) is 13.4 Å². The van der Waals surface area contributed by atoms with Crippen LogP contribution in [0.1, 0.15) is 5.69 Å². The van der Waals surface area contributed by atoms with Crippen LogP contribution in [0.4, 0.5) is 0 Å². The van der Waals surface area contributed by atoms with E-state index in [1.165, 1.54) is 25.4 Å². The van der Waals surface area contributed by atoms with Gasteiger partial charge < -0.3 is 14.6 Å². The molecule has 0 aliphatic heterocycles. The Balaban J connectivity index is 2.84. The minimum atomic E-state index is -0.689. The lowest BCUT2D eigenvalue weighted by Crippen LogP contribution is -2.43. The molecule has 0 radical (unpaired) electrons. The monoisotopic (exact) mass is 237 g/mol. The number of amides is 1. The molecule has 0 bridgehead atoms. The molecule has 0 unspecified atom stereocenters. The Morgan fingerprint density at radius 3 is 2.88 bits per heavy atom. The topological polar surface area (TPSA) is 75.3 Å². The summed E-state index contributed by atoms with van der Waals surface area (Å²) in [5.74, 6) is -0.808. The summed E-state index contributed by atoms with van der Waals surface area (Å²) in [7, 11) is 2.82. The van der Waals surface area contributed by atoms with Gasteiger partial charge in [0.1, 0.15) is 6.04 Å². The fourth-order valence-electron chi connectivity index (χ4n) is 1.42. The summed E-state index contributed by atoms with van der Waals surface area (Å²) in [6.45, 7) is 3.38. The number of nitrogens with zero attached hydrogens (tertiary/aromatic N) is 2. The van der Waals surface area contributed by atoms with Gasteiger partial charge in [-0.05, 0) is 6.08 Å². The minimum Gasteiger partial charge on any atom is -0.467 e. The predicted octanol–water partition coefficient (Wildman–Crippen LogP) is 0.138. The largest absolute Gasteiger partial charge is 0.467 e. The Morgan fingerprint density at radius 2 is 2.41 bits per heavy atom. The van der Waals surface area contributed by atoms with E-state index in [-0.39, 0.29) is 5.91 Å². The van der Waals surface area contributed by atoms with Gasteiger partial charge in [0.2, 0.25) is 5.91 Å². The standard InChI is InChI=1S/C11H15N3O3/c1-4-10(15)14(2)9(11(16)17-3)5-8-6-12-7-13-8/h4,6-7,9H,1,5H2,2-3H3,(H,12,13)/t9-/m0/s1. The number of rotatable bonds is 5. The van der Waals surface area contributed by atoms with E-state index in [1.54, 1.807) is 6.20 Å². The van der Waals surface area contributed by atoms with Crippen molar-refractivity contribution in [3.8, 4) is 0 Å². The average molecular weight is 237 g/mol. The number of methoxy groups -OCH3 is 1. The second-order valence-electron chi connectivity index (χ2n) is 3.47. The van der Waals surface area contributed by atoms with Crippen molar-refractivity contribution in [1.29, 1.82) is 0 Å². The molecule has 6 heteroatoms. The SMILES string of the molecule is C=CC(=O)N(C)[C@@H](Cc1cnc[nH]1)C(=O)OC. The van der Waals surface area contributed by atoms with E-state index in [0.717, 1.165) is 11.8 Å². The summed E-state index contributed by atoms with van der Waals surface area (Å²) in [6.07, 6.45) is 4.59. The molecule has 6 nitrogen and oxygen atoms in total. The van der Waals surface area contributed by atoms with Gasteiger partial charge in [0.15, 0.2) is 0 Å². The molecular weight excluding hydrogens is 222 g/mol. The molecule has 0 aliphatic rings. The first kappa shape index (κ1) is 13.0. The highest BCUT2D eigenvalue weighted by Crippen LogP contribution is 2.07. The molecule has 1 aromatic rings. The number of carbonyl (C=O) groups excluding carboxylic acids is 2. The van der Waals surface area contributed by atoms with Crippen molar-refractivity contribution in [3.05, 3.63) is 30.9 Å². The third-order valence-corrected chi connectivity index (χ3v) is 2.43. The Morgan fingerprint density at radius 1 is 1.71 bits per heavy atom. The van der Waals surface area contributed by atoms with Crippen LogP contribution in [-0.4, -0.2) is 46.9 Å². The van der Waals surface area contributed by atoms with Gasteiger partial charge in [0, 0.05) is 25.4 Å². The van der Waals surface area contributed by atoms with Gasteiger partial charge in [-0.1, -0.05) is 6.58 Å². The molecule has 0 aliphatic carbocycles. The van der Waals surface area contributed by atoms with Gasteiger partial charge in [-0.15, -0.1) is 0 Å². The molecule has 1 heterocycles. The van der Waals surface area contributed by atoms with Crippen LogP contribution in [0.25, 0.3) is 0 Å². The molecule has 1 rings (SSSR count). The number of likely N-dealkylation sites (N-methyl/N-ethyl adjacent to an activating group) is 1. The molecule has 92 valence electrons. The average Bonchev–Trinajstić information content (AvgIpc) is 2.86. The number of imidazole rings is 1. The maximum Gasteiger partial charge on any atom is 0.328 e. The van der Waals surface area contributed by atoms with Gasteiger partial charge in [-0.3, -0.25) is 4.79 Å². The third-order valence-electron chi connectivity index (χ3n) is 2.43. The zero-order valence-electron chi connectivity index (χ0n) is 9.84. The van der Waals surface area contributed by atoms with Crippen LogP contribution in [0, 0.1) is 0 Å². The molecule has 1 atom stereocenters. The van der Waals surface area contributed by atoms with Crippen molar-refractivity contribution >= 4 is 11.9 Å². The number of ether oxygens (including phenoxy) is 1. The fourth-order valence-corrected chi connectivity index (χ4v) is 1.42. The van der Waals surface area contributed by atoms with Crippen LogP contribution < -0.4 is 0 Å². The fraction of sp³-hybridized carbons (Fsp3) is 0.364. The maximum absolute atomic E-state index is 11.6. The van der Waals surface area contributed by atoms with E-state index in [0.29, 0.717) is 6.42 Å². The highest BCUT2D eigenvalue weighted by atomic mass is 16.5. The number of hydrogen-bond acceptors (Lipinski definition) is 4. The van der Waals surface area contributed by atoms with Crippen LogP contribution in [0.15, 0.2) is 25.2 Å².